The normalized spacial score (nSPS) is 12.3. The second kappa shape index (κ2) is 7.04. The van der Waals surface area contributed by atoms with Crippen molar-refractivity contribution >= 4 is 11.6 Å². The summed E-state index contributed by atoms with van der Waals surface area (Å²) in [6.07, 6.45) is 1.09. The standard InChI is InChI=1S/C15H24N2O/c1-5-14(11(3)4)17-13-9-7-12(8-10-13)15(18)16-6-2/h7-11,14,17H,5-6H2,1-4H3,(H,16,18). The topological polar surface area (TPSA) is 41.1 Å². The molecule has 100 valence electrons. The van der Waals surface area contributed by atoms with Crippen LogP contribution in [-0.2, 0) is 0 Å². The molecule has 0 radical (unpaired) electrons. The summed E-state index contributed by atoms with van der Waals surface area (Å²) in [4.78, 5) is 11.6. The first-order valence-electron chi connectivity index (χ1n) is 6.73. The average Bonchev–Trinajstić information content (AvgIpc) is 2.36. The maximum Gasteiger partial charge on any atom is 0.251 e. The summed E-state index contributed by atoms with van der Waals surface area (Å²) >= 11 is 0. The third-order valence-corrected chi connectivity index (χ3v) is 3.08. The summed E-state index contributed by atoms with van der Waals surface area (Å²) in [6, 6.07) is 8.13. The van der Waals surface area contributed by atoms with E-state index in [0.717, 1.165) is 12.1 Å². The number of hydrogen-bond donors (Lipinski definition) is 2. The van der Waals surface area contributed by atoms with Crippen LogP contribution in [0.1, 0.15) is 44.5 Å². The van der Waals surface area contributed by atoms with Crippen LogP contribution >= 0.6 is 0 Å². The van der Waals surface area contributed by atoms with Crippen molar-refractivity contribution in [1.82, 2.24) is 5.32 Å². The van der Waals surface area contributed by atoms with Gasteiger partial charge in [0.1, 0.15) is 0 Å². The van der Waals surface area contributed by atoms with Crippen molar-refractivity contribution in [3.05, 3.63) is 29.8 Å². The summed E-state index contributed by atoms with van der Waals surface area (Å²) in [5.74, 6) is 0.581. The molecule has 0 aliphatic carbocycles. The Morgan fingerprint density at radius 1 is 1.17 bits per heavy atom. The van der Waals surface area contributed by atoms with Gasteiger partial charge >= 0.3 is 0 Å². The lowest BCUT2D eigenvalue weighted by Crippen LogP contribution is -2.25. The Bertz CT molecular complexity index is 371. The highest BCUT2D eigenvalue weighted by atomic mass is 16.1. The second-order valence-electron chi connectivity index (χ2n) is 4.84. The molecule has 0 saturated heterocycles. The number of carbonyl (C=O) groups is 1. The predicted molar refractivity (Wildman–Crippen MR) is 77.0 cm³/mol. The number of amides is 1. The lowest BCUT2D eigenvalue weighted by Gasteiger charge is -2.22. The largest absolute Gasteiger partial charge is 0.382 e. The lowest BCUT2D eigenvalue weighted by atomic mass is 10.0. The van der Waals surface area contributed by atoms with Crippen LogP contribution in [0.3, 0.4) is 0 Å². The van der Waals surface area contributed by atoms with Gasteiger partial charge in [0.2, 0.25) is 0 Å². The van der Waals surface area contributed by atoms with Crippen molar-refractivity contribution in [2.45, 2.75) is 40.2 Å². The zero-order valence-corrected chi connectivity index (χ0v) is 11.8. The monoisotopic (exact) mass is 248 g/mol. The van der Waals surface area contributed by atoms with E-state index >= 15 is 0 Å². The van der Waals surface area contributed by atoms with Gasteiger partial charge in [-0.3, -0.25) is 4.79 Å². The Labute approximate surface area is 110 Å². The number of carbonyl (C=O) groups excluding carboxylic acids is 1. The molecule has 1 atom stereocenters. The molecule has 1 amide bonds. The predicted octanol–water partition coefficient (Wildman–Crippen LogP) is 3.28. The third kappa shape index (κ3) is 4.06. The van der Waals surface area contributed by atoms with Gasteiger partial charge in [-0.25, -0.2) is 0 Å². The molecule has 0 spiro atoms. The fourth-order valence-electron chi connectivity index (χ4n) is 1.93. The number of hydrogen-bond acceptors (Lipinski definition) is 2. The summed E-state index contributed by atoms with van der Waals surface area (Å²) in [5, 5.41) is 6.29. The molecule has 0 aromatic heterocycles. The van der Waals surface area contributed by atoms with Crippen LogP contribution in [0.15, 0.2) is 24.3 Å². The van der Waals surface area contributed by atoms with E-state index in [-0.39, 0.29) is 5.91 Å². The molecule has 0 aliphatic rings. The van der Waals surface area contributed by atoms with Gasteiger partial charge in [-0.05, 0) is 43.5 Å². The van der Waals surface area contributed by atoms with Crippen molar-refractivity contribution in [2.24, 2.45) is 5.92 Å². The Morgan fingerprint density at radius 2 is 1.78 bits per heavy atom. The molecule has 0 fully saturated rings. The molecule has 0 saturated carbocycles. The molecule has 3 nitrogen and oxygen atoms in total. The minimum absolute atomic E-state index is 0.0139. The first kappa shape index (κ1) is 14.6. The molecule has 1 unspecified atom stereocenters. The van der Waals surface area contributed by atoms with Crippen LogP contribution in [0.25, 0.3) is 0 Å². The molecule has 2 N–H and O–H groups in total. The Kier molecular flexibility index (Phi) is 5.69. The van der Waals surface area contributed by atoms with E-state index in [9.17, 15) is 4.79 Å². The van der Waals surface area contributed by atoms with Gasteiger partial charge in [-0.1, -0.05) is 20.8 Å². The Morgan fingerprint density at radius 3 is 2.22 bits per heavy atom. The quantitative estimate of drug-likeness (QED) is 0.811. The maximum absolute atomic E-state index is 11.6. The van der Waals surface area contributed by atoms with Gasteiger partial charge < -0.3 is 10.6 Å². The van der Waals surface area contributed by atoms with Crippen molar-refractivity contribution in [2.75, 3.05) is 11.9 Å². The van der Waals surface area contributed by atoms with E-state index in [4.69, 9.17) is 0 Å². The zero-order valence-electron chi connectivity index (χ0n) is 11.8. The fourth-order valence-corrected chi connectivity index (χ4v) is 1.93. The Balaban J connectivity index is 2.68. The van der Waals surface area contributed by atoms with Crippen LogP contribution in [0.4, 0.5) is 5.69 Å². The van der Waals surface area contributed by atoms with Gasteiger partial charge in [-0.2, -0.15) is 0 Å². The van der Waals surface area contributed by atoms with Crippen molar-refractivity contribution < 1.29 is 4.79 Å². The molecule has 1 rings (SSSR count). The first-order chi connectivity index (χ1) is 8.58. The summed E-state index contributed by atoms with van der Waals surface area (Å²) in [6.45, 7) is 9.18. The summed E-state index contributed by atoms with van der Waals surface area (Å²) in [5.41, 5.74) is 1.78. The van der Waals surface area contributed by atoms with Gasteiger partial charge in [0.05, 0.1) is 0 Å². The second-order valence-corrected chi connectivity index (χ2v) is 4.84. The van der Waals surface area contributed by atoms with Crippen LogP contribution in [0.2, 0.25) is 0 Å². The van der Waals surface area contributed by atoms with Gasteiger partial charge in [0, 0.05) is 23.8 Å². The molecule has 0 heterocycles. The summed E-state index contributed by atoms with van der Waals surface area (Å²) < 4.78 is 0. The maximum atomic E-state index is 11.6. The minimum atomic E-state index is -0.0139. The van der Waals surface area contributed by atoms with E-state index in [1.165, 1.54) is 0 Å². The van der Waals surface area contributed by atoms with Crippen LogP contribution in [0, 0.1) is 5.92 Å². The van der Waals surface area contributed by atoms with Crippen LogP contribution < -0.4 is 10.6 Å². The molecular formula is C15H24N2O. The van der Waals surface area contributed by atoms with Crippen LogP contribution in [0.5, 0.6) is 0 Å². The highest BCUT2D eigenvalue weighted by Crippen LogP contribution is 2.15. The number of rotatable bonds is 6. The van der Waals surface area contributed by atoms with Crippen molar-refractivity contribution in [3.8, 4) is 0 Å². The molecule has 3 heteroatoms. The molecule has 18 heavy (non-hydrogen) atoms. The SMILES string of the molecule is CCNC(=O)c1ccc(NC(CC)C(C)C)cc1. The van der Waals surface area contributed by atoms with E-state index in [1.54, 1.807) is 0 Å². The molecule has 0 aliphatic heterocycles. The third-order valence-electron chi connectivity index (χ3n) is 3.08. The first-order valence-corrected chi connectivity index (χ1v) is 6.73. The summed E-state index contributed by atoms with van der Waals surface area (Å²) in [7, 11) is 0. The average molecular weight is 248 g/mol. The number of anilines is 1. The minimum Gasteiger partial charge on any atom is -0.382 e. The zero-order chi connectivity index (χ0) is 13.5. The van der Waals surface area contributed by atoms with Gasteiger partial charge in [-0.15, -0.1) is 0 Å². The molecule has 0 bridgehead atoms. The number of benzene rings is 1. The lowest BCUT2D eigenvalue weighted by molar-refractivity contribution is 0.0956. The fraction of sp³-hybridized carbons (Fsp3) is 0.533. The van der Waals surface area contributed by atoms with Crippen molar-refractivity contribution in [1.29, 1.82) is 0 Å². The Hall–Kier alpha value is -1.51. The van der Waals surface area contributed by atoms with Crippen molar-refractivity contribution in [3.63, 3.8) is 0 Å². The number of nitrogens with one attached hydrogen (secondary N) is 2. The van der Waals surface area contributed by atoms with E-state index in [2.05, 4.69) is 31.4 Å². The smallest absolute Gasteiger partial charge is 0.251 e. The molecular weight excluding hydrogens is 224 g/mol. The highest BCUT2D eigenvalue weighted by Gasteiger charge is 2.10. The van der Waals surface area contributed by atoms with E-state index < -0.39 is 0 Å². The van der Waals surface area contributed by atoms with E-state index in [1.807, 2.05) is 31.2 Å². The van der Waals surface area contributed by atoms with E-state index in [0.29, 0.717) is 24.1 Å². The van der Waals surface area contributed by atoms with Gasteiger partial charge in [0.15, 0.2) is 0 Å². The molecule has 1 aromatic rings. The van der Waals surface area contributed by atoms with Gasteiger partial charge in [0.25, 0.3) is 5.91 Å². The molecule has 1 aromatic carbocycles. The highest BCUT2D eigenvalue weighted by molar-refractivity contribution is 5.94. The van der Waals surface area contributed by atoms with Crippen LogP contribution in [-0.4, -0.2) is 18.5 Å².